The number of carbonyl (C=O) groups excluding carboxylic acids is 1. The second-order valence-electron chi connectivity index (χ2n) is 10.2. The normalized spacial score (nSPS) is 28.1. The van der Waals surface area contributed by atoms with Crippen LogP contribution in [-0.2, 0) is 0 Å². The van der Waals surface area contributed by atoms with Crippen LogP contribution in [0.2, 0.25) is 0 Å². The quantitative estimate of drug-likeness (QED) is 0.448. The third-order valence-corrected chi connectivity index (χ3v) is 8.07. The number of amides is 1. The van der Waals surface area contributed by atoms with Gasteiger partial charge in [-0.2, -0.15) is 4.73 Å². The van der Waals surface area contributed by atoms with Gasteiger partial charge in [-0.15, -0.1) is 0 Å². The molecular weight excluding hydrogens is 400 g/mol. The predicted octanol–water partition coefficient (Wildman–Crippen LogP) is 4.72. The Morgan fingerprint density at radius 1 is 1.06 bits per heavy atom. The van der Waals surface area contributed by atoms with E-state index in [9.17, 15) is 10.0 Å². The van der Waals surface area contributed by atoms with Gasteiger partial charge in [-0.05, 0) is 74.0 Å². The molecule has 4 fully saturated rings. The second kappa shape index (κ2) is 7.19. The molecule has 3 aromatic rings. The van der Waals surface area contributed by atoms with Crippen LogP contribution >= 0.6 is 0 Å². The largest absolute Gasteiger partial charge is 0.619 e. The van der Waals surface area contributed by atoms with Crippen LogP contribution in [0.25, 0.3) is 22.4 Å². The molecule has 0 saturated heterocycles. The summed E-state index contributed by atoms with van der Waals surface area (Å²) in [5.74, 6) is 2.38. The van der Waals surface area contributed by atoms with Crippen LogP contribution < -0.4 is 4.73 Å². The number of rotatable bonds is 3. The fraction of sp³-hybridized carbons (Fsp3) is 0.423. The third kappa shape index (κ3) is 3.20. The summed E-state index contributed by atoms with van der Waals surface area (Å²) in [5, 5.41) is 11.6. The number of benzene rings is 1. The van der Waals surface area contributed by atoms with Crippen molar-refractivity contribution >= 4 is 6.03 Å². The molecule has 0 spiro atoms. The van der Waals surface area contributed by atoms with Gasteiger partial charge < -0.3 is 10.1 Å². The van der Waals surface area contributed by atoms with Crippen molar-refractivity contribution in [1.82, 2.24) is 14.5 Å². The first-order valence-corrected chi connectivity index (χ1v) is 11.6. The van der Waals surface area contributed by atoms with Gasteiger partial charge in [0.1, 0.15) is 6.33 Å². The lowest BCUT2D eigenvalue weighted by Crippen LogP contribution is -2.60. The number of hydrogen-bond donors (Lipinski definition) is 0. The van der Waals surface area contributed by atoms with Gasteiger partial charge in [-0.1, -0.05) is 18.2 Å². The molecule has 0 radical (unpaired) electrons. The minimum Gasteiger partial charge on any atom is -0.619 e. The Bertz CT molecular complexity index is 1150. The fourth-order valence-electron chi connectivity index (χ4n) is 6.91. The average molecular weight is 429 g/mol. The molecule has 6 nitrogen and oxygen atoms in total. The Morgan fingerprint density at radius 2 is 1.72 bits per heavy atom. The van der Waals surface area contributed by atoms with Crippen molar-refractivity contribution in [2.24, 2.45) is 17.8 Å². The van der Waals surface area contributed by atoms with E-state index in [1.165, 1.54) is 25.5 Å². The molecule has 2 aromatic heterocycles. The maximum absolute atomic E-state index is 13.4. The topological polar surface area (TPSA) is 65.1 Å². The summed E-state index contributed by atoms with van der Waals surface area (Å²) in [6, 6.07) is 11.6. The Labute approximate surface area is 188 Å². The second-order valence-corrected chi connectivity index (χ2v) is 10.2. The van der Waals surface area contributed by atoms with Crippen LogP contribution in [0, 0.1) is 23.0 Å². The van der Waals surface area contributed by atoms with Gasteiger partial charge in [0.2, 0.25) is 0 Å². The van der Waals surface area contributed by atoms with Crippen LogP contribution in [0.5, 0.6) is 0 Å². The maximum Gasteiger partial charge on any atom is 0.329 e. The molecule has 1 aromatic carbocycles. The van der Waals surface area contributed by atoms with Crippen molar-refractivity contribution < 1.29 is 9.52 Å². The SMILES string of the molecule is CN(C(=O)n1cnc(-c2cccc(-c3ccc[n+]([O-])c3)c2)c1)C12CC3CC(CC(C3)C1)C2. The summed E-state index contributed by atoms with van der Waals surface area (Å²) >= 11 is 0. The maximum atomic E-state index is 13.4. The fourth-order valence-corrected chi connectivity index (χ4v) is 6.91. The average Bonchev–Trinajstić information content (AvgIpc) is 3.28. The lowest BCUT2D eigenvalue weighted by molar-refractivity contribution is -0.604. The number of nitrogens with zero attached hydrogens (tertiary/aromatic N) is 4. The molecule has 0 unspecified atom stereocenters. The van der Waals surface area contributed by atoms with Gasteiger partial charge in [0.15, 0.2) is 12.4 Å². The van der Waals surface area contributed by atoms with Crippen LogP contribution in [0.4, 0.5) is 4.79 Å². The molecule has 4 saturated carbocycles. The lowest BCUT2D eigenvalue weighted by Gasteiger charge is -2.59. The van der Waals surface area contributed by atoms with Crippen molar-refractivity contribution in [3.63, 3.8) is 0 Å². The van der Waals surface area contributed by atoms with Crippen molar-refractivity contribution in [2.75, 3.05) is 7.05 Å². The highest BCUT2D eigenvalue weighted by Gasteiger charge is 2.54. The first-order valence-electron chi connectivity index (χ1n) is 11.6. The molecule has 4 aliphatic rings. The summed E-state index contributed by atoms with van der Waals surface area (Å²) in [4.78, 5) is 20.0. The zero-order chi connectivity index (χ0) is 21.9. The van der Waals surface area contributed by atoms with Gasteiger partial charge in [0.25, 0.3) is 0 Å². The van der Waals surface area contributed by atoms with Gasteiger partial charge in [-0.3, -0.25) is 4.57 Å². The van der Waals surface area contributed by atoms with E-state index in [-0.39, 0.29) is 11.6 Å². The lowest BCUT2D eigenvalue weighted by atomic mass is 9.52. The summed E-state index contributed by atoms with van der Waals surface area (Å²) in [6.45, 7) is 0. The van der Waals surface area contributed by atoms with Gasteiger partial charge >= 0.3 is 6.03 Å². The molecule has 6 heteroatoms. The number of aromatic nitrogens is 3. The molecule has 7 rings (SSSR count). The molecule has 4 aliphatic carbocycles. The number of imidazole rings is 1. The van der Waals surface area contributed by atoms with Crippen LogP contribution in [0.3, 0.4) is 0 Å². The van der Waals surface area contributed by atoms with E-state index in [0.717, 1.165) is 64.1 Å². The summed E-state index contributed by atoms with van der Waals surface area (Å²) < 4.78 is 2.43. The summed E-state index contributed by atoms with van der Waals surface area (Å²) in [7, 11) is 1.99. The van der Waals surface area contributed by atoms with E-state index in [1.54, 1.807) is 23.2 Å². The monoisotopic (exact) mass is 428 g/mol. The zero-order valence-corrected chi connectivity index (χ0v) is 18.4. The van der Waals surface area contributed by atoms with Crippen LogP contribution in [-0.4, -0.2) is 33.1 Å². The minimum atomic E-state index is 0.0114. The standard InChI is InChI=1S/C26H28N4O2/c1-28(26-12-18-8-19(13-26)10-20(9-18)14-26)25(31)29-16-24(27-17-29)22-5-2-4-21(11-22)23-6-3-7-30(32)15-23/h2-7,11,15-20H,8-10,12-14H2,1H3. The molecule has 32 heavy (non-hydrogen) atoms. The highest BCUT2D eigenvalue weighted by molar-refractivity contribution is 5.79. The van der Waals surface area contributed by atoms with Crippen molar-refractivity contribution in [2.45, 2.75) is 44.1 Å². The van der Waals surface area contributed by atoms with Crippen LogP contribution in [0.15, 0.2) is 61.3 Å². The predicted molar refractivity (Wildman–Crippen MR) is 122 cm³/mol. The molecule has 1 amide bonds. The zero-order valence-electron chi connectivity index (χ0n) is 18.4. The number of pyridine rings is 1. The summed E-state index contributed by atoms with van der Waals surface area (Å²) in [5.41, 5.74) is 3.50. The van der Waals surface area contributed by atoms with E-state index < -0.39 is 0 Å². The first kappa shape index (κ1) is 19.5. The molecule has 0 aliphatic heterocycles. The minimum absolute atomic E-state index is 0.0114. The first-order chi connectivity index (χ1) is 15.5. The molecule has 0 atom stereocenters. The van der Waals surface area contributed by atoms with E-state index in [4.69, 9.17) is 0 Å². The van der Waals surface area contributed by atoms with Gasteiger partial charge in [-0.25, -0.2) is 9.78 Å². The van der Waals surface area contributed by atoms with Gasteiger partial charge in [0.05, 0.1) is 5.69 Å². The Morgan fingerprint density at radius 3 is 2.41 bits per heavy atom. The smallest absolute Gasteiger partial charge is 0.329 e. The molecule has 164 valence electrons. The Balaban J connectivity index is 1.25. The Hall–Kier alpha value is -3.15. The number of carbonyl (C=O) groups is 1. The Kier molecular flexibility index (Phi) is 4.39. The highest BCUT2D eigenvalue weighted by Crippen LogP contribution is 2.57. The summed E-state index contributed by atoms with van der Waals surface area (Å²) in [6.07, 6.45) is 14.0. The van der Waals surface area contributed by atoms with Crippen molar-refractivity contribution in [1.29, 1.82) is 0 Å². The molecule has 0 N–H and O–H groups in total. The van der Waals surface area contributed by atoms with E-state index in [1.807, 2.05) is 48.5 Å². The molecule has 2 heterocycles. The van der Waals surface area contributed by atoms with Crippen LogP contribution in [0.1, 0.15) is 38.5 Å². The highest BCUT2D eigenvalue weighted by atomic mass is 16.5. The van der Waals surface area contributed by atoms with E-state index in [2.05, 4.69) is 4.98 Å². The van der Waals surface area contributed by atoms with Crippen molar-refractivity contribution in [3.8, 4) is 22.4 Å². The molecule has 4 bridgehead atoms. The molecular formula is C26H28N4O2. The van der Waals surface area contributed by atoms with Crippen molar-refractivity contribution in [3.05, 3.63) is 66.5 Å². The number of hydrogen-bond acceptors (Lipinski definition) is 3. The van der Waals surface area contributed by atoms with E-state index >= 15 is 0 Å². The van der Waals surface area contributed by atoms with Gasteiger partial charge in [0, 0.05) is 36.0 Å². The van der Waals surface area contributed by atoms with E-state index in [0.29, 0.717) is 0 Å². The third-order valence-electron chi connectivity index (χ3n) is 8.07.